The lowest BCUT2D eigenvalue weighted by Gasteiger charge is -2.35. The summed E-state index contributed by atoms with van der Waals surface area (Å²) in [6.45, 7) is 0.636. The first-order valence-corrected chi connectivity index (χ1v) is 5.78. The van der Waals surface area contributed by atoms with E-state index in [-0.39, 0.29) is 13.0 Å². The summed E-state index contributed by atoms with van der Waals surface area (Å²) < 4.78 is 37.9. The quantitative estimate of drug-likeness (QED) is 0.722. The largest absolute Gasteiger partial charge is 0.393 e. The molecule has 1 aromatic heterocycles. The van der Waals surface area contributed by atoms with Crippen LogP contribution in [0.5, 0.6) is 0 Å². The molecule has 1 unspecified atom stereocenters. The first-order valence-electron chi connectivity index (χ1n) is 5.40. The molecule has 0 aromatic carbocycles. The minimum absolute atomic E-state index is 0.00381. The highest BCUT2D eigenvalue weighted by molar-refractivity contribution is 6.29. The summed E-state index contributed by atoms with van der Waals surface area (Å²) in [6, 6.07) is 3.28. The molecule has 94 valence electrons. The number of alkyl halides is 3. The van der Waals surface area contributed by atoms with Crippen LogP contribution in [0.3, 0.4) is 0 Å². The zero-order chi connectivity index (χ0) is 12.5. The molecule has 0 radical (unpaired) electrons. The first-order chi connectivity index (χ1) is 7.97. The highest BCUT2D eigenvalue weighted by Gasteiger charge is 2.41. The zero-order valence-electron chi connectivity index (χ0n) is 9.04. The van der Waals surface area contributed by atoms with Crippen LogP contribution in [-0.4, -0.2) is 24.2 Å². The van der Waals surface area contributed by atoms with Gasteiger partial charge in [-0.25, -0.2) is 4.98 Å². The molecule has 1 fully saturated rings. The van der Waals surface area contributed by atoms with E-state index in [1.807, 2.05) is 0 Å². The predicted molar refractivity (Wildman–Crippen MR) is 60.2 cm³/mol. The topological polar surface area (TPSA) is 16.1 Å². The molecule has 1 saturated heterocycles. The summed E-state index contributed by atoms with van der Waals surface area (Å²) >= 11 is 5.73. The molecule has 0 amide bonds. The molecule has 6 heteroatoms. The molecule has 2 rings (SSSR count). The molecule has 17 heavy (non-hydrogen) atoms. The van der Waals surface area contributed by atoms with Crippen molar-refractivity contribution in [3.8, 4) is 0 Å². The maximum atomic E-state index is 12.6. The third kappa shape index (κ3) is 3.03. The summed E-state index contributed by atoms with van der Waals surface area (Å²) in [6.07, 6.45) is -1.85. The molecule has 1 atom stereocenters. The smallest absolute Gasteiger partial charge is 0.371 e. The van der Waals surface area contributed by atoms with E-state index in [4.69, 9.17) is 11.6 Å². The van der Waals surface area contributed by atoms with Crippen molar-refractivity contribution in [2.24, 2.45) is 5.92 Å². The molecule has 0 aliphatic carbocycles. The molecule has 2 heterocycles. The summed E-state index contributed by atoms with van der Waals surface area (Å²) in [5, 5.41) is 0.302. The van der Waals surface area contributed by atoms with Crippen LogP contribution in [0.2, 0.25) is 5.15 Å². The van der Waals surface area contributed by atoms with Crippen molar-refractivity contribution >= 4 is 17.3 Å². The monoisotopic (exact) mass is 264 g/mol. The van der Waals surface area contributed by atoms with Gasteiger partial charge in [0.25, 0.3) is 0 Å². The molecule has 1 aliphatic heterocycles. The second-order valence-corrected chi connectivity index (χ2v) is 4.55. The molecule has 1 aliphatic rings. The molecule has 0 saturated carbocycles. The Morgan fingerprint density at radius 3 is 2.82 bits per heavy atom. The van der Waals surface area contributed by atoms with Crippen LogP contribution in [0.4, 0.5) is 18.9 Å². The number of hydrogen-bond donors (Lipinski definition) is 0. The lowest BCUT2D eigenvalue weighted by Crippen LogP contribution is -2.41. The molecular formula is C11H12ClF3N2. The second kappa shape index (κ2) is 4.72. The second-order valence-electron chi connectivity index (χ2n) is 4.16. The van der Waals surface area contributed by atoms with Gasteiger partial charge in [0.2, 0.25) is 0 Å². The van der Waals surface area contributed by atoms with E-state index in [2.05, 4.69) is 4.98 Å². The Hall–Kier alpha value is -0.970. The van der Waals surface area contributed by atoms with Gasteiger partial charge in [-0.2, -0.15) is 13.2 Å². The van der Waals surface area contributed by atoms with E-state index in [1.165, 1.54) is 6.20 Å². The number of hydrogen-bond acceptors (Lipinski definition) is 2. The highest BCUT2D eigenvalue weighted by atomic mass is 35.5. The number of halogens is 4. The van der Waals surface area contributed by atoms with Crippen LogP contribution in [-0.2, 0) is 0 Å². The number of piperidine rings is 1. The highest BCUT2D eigenvalue weighted by Crippen LogP contribution is 2.34. The third-order valence-electron chi connectivity index (χ3n) is 2.96. The van der Waals surface area contributed by atoms with Gasteiger partial charge in [-0.05, 0) is 25.0 Å². The zero-order valence-corrected chi connectivity index (χ0v) is 9.80. The van der Waals surface area contributed by atoms with Crippen molar-refractivity contribution in [3.63, 3.8) is 0 Å². The van der Waals surface area contributed by atoms with Crippen LogP contribution in [0.15, 0.2) is 18.3 Å². The lowest BCUT2D eigenvalue weighted by molar-refractivity contribution is -0.175. The molecule has 0 spiro atoms. The standard InChI is InChI=1S/C11H12ClF3N2/c12-10-6-9(3-4-16-10)17-5-1-2-8(7-17)11(13,14)15/h3-4,6,8H,1-2,5,7H2. The van der Waals surface area contributed by atoms with Crippen molar-refractivity contribution in [2.45, 2.75) is 19.0 Å². The van der Waals surface area contributed by atoms with Gasteiger partial charge < -0.3 is 4.90 Å². The summed E-state index contributed by atoms with van der Waals surface area (Å²) in [4.78, 5) is 5.54. The predicted octanol–water partition coefficient (Wildman–Crippen LogP) is 3.51. The normalized spacial score (nSPS) is 21.6. The van der Waals surface area contributed by atoms with Crippen molar-refractivity contribution < 1.29 is 13.2 Å². The summed E-state index contributed by atoms with van der Waals surface area (Å²) in [5.74, 6) is -1.25. The van der Waals surface area contributed by atoms with Crippen LogP contribution in [0.25, 0.3) is 0 Å². The fraction of sp³-hybridized carbons (Fsp3) is 0.545. The maximum Gasteiger partial charge on any atom is 0.393 e. The van der Waals surface area contributed by atoms with Gasteiger partial charge in [-0.1, -0.05) is 11.6 Å². The Bertz CT molecular complexity index is 395. The molecule has 0 bridgehead atoms. The van der Waals surface area contributed by atoms with Crippen LogP contribution < -0.4 is 4.90 Å². The fourth-order valence-corrected chi connectivity index (χ4v) is 2.24. The van der Waals surface area contributed by atoms with Crippen LogP contribution >= 0.6 is 11.6 Å². The summed E-state index contributed by atoms with van der Waals surface area (Å²) in [7, 11) is 0. The Labute approximate surface area is 102 Å². The average molecular weight is 265 g/mol. The van der Waals surface area contributed by atoms with Gasteiger partial charge in [0.1, 0.15) is 5.15 Å². The van der Waals surface area contributed by atoms with Gasteiger partial charge in [0.05, 0.1) is 5.92 Å². The fourth-order valence-electron chi connectivity index (χ4n) is 2.07. The Balaban J connectivity index is 2.12. The minimum atomic E-state index is -4.12. The average Bonchev–Trinajstić information content (AvgIpc) is 2.28. The number of nitrogens with zero attached hydrogens (tertiary/aromatic N) is 2. The minimum Gasteiger partial charge on any atom is -0.371 e. The maximum absolute atomic E-state index is 12.6. The Morgan fingerprint density at radius 1 is 1.41 bits per heavy atom. The van der Waals surface area contributed by atoms with E-state index in [0.29, 0.717) is 23.8 Å². The third-order valence-corrected chi connectivity index (χ3v) is 3.17. The number of aromatic nitrogens is 1. The van der Waals surface area contributed by atoms with Gasteiger partial charge in [0, 0.05) is 25.0 Å². The van der Waals surface area contributed by atoms with Gasteiger partial charge in [-0.3, -0.25) is 0 Å². The molecular weight excluding hydrogens is 253 g/mol. The van der Waals surface area contributed by atoms with Crippen molar-refractivity contribution in [1.29, 1.82) is 0 Å². The van der Waals surface area contributed by atoms with E-state index in [9.17, 15) is 13.2 Å². The first kappa shape index (κ1) is 12.5. The SMILES string of the molecule is FC(F)(F)C1CCCN(c2ccnc(Cl)c2)C1. The number of pyridine rings is 1. The molecule has 1 aromatic rings. The van der Waals surface area contributed by atoms with E-state index < -0.39 is 12.1 Å². The van der Waals surface area contributed by atoms with E-state index >= 15 is 0 Å². The Kier molecular flexibility index (Phi) is 3.47. The van der Waals surface area contributed by atoms with Crippen molar-refractivity contribution in [2.75, 3.05) is 18.0 Å². The Morgan fingerprint density at radius 2 is 2.18 bits per heavy atom. The molecule has 2 nitrogen and oxygen atoms in total. The van der Waals surface area contributed by atoms with Gasteiger partial charge >= 0.3 is 6.18 Å². The van der Waals surface area contributed by atoms with Gasteiger partial charge in [0.15, 0.2) is 0 Å². The number of anilines is 1. The summed E-state index contributed by atoms with van der Waals surface area (Å²) in [5.41, 5.74) is 0.707. The van der Waals surface area contributed by atoms with Crippen LogP contribution in [0, 0.1) is 5.92 Å². The van der Waals surface area contributed by atoms with Crippen LogP contribution in [0.1, 0.15) is 12.8 Å². The number of rotatable bonds is 1. The van der Waals surface area contributed by atoms with E-state index in [0.717, 1.165) is 0 Å². The lowest BCUT2D eigenvalue weighted by atomic mass is 9.97. The van der Waals surface area contributed by atoms with Crippen molar-refractivity contribution in [3.05, 3.63) is 23.5 Å². The van der Waals surface area contributed by atoms with Gasteiger partial charge in [-0.15, -0.1) is 0 Å². The molecule has 0 N–H and O–H groups in total. The van der Waals surface area contributed by atoms with Crippen molar-refractivity contribution in [1.82, 2.24) is 4.98 Å². The van der Waals surface area contributed by atoms with E-state index in [1.54, 1.807) is 17.0 Å².